The summed E-state index contributed by atoms with van der Waals surface area (Å²) >= 11 is 0. The minimum absolute atomic E-state index is 0.182. The van der Waals surface area contributed by atoms with E-state index in [2.05, 4.69) is 0 Å². The highest BCUT2D eigenvalue weighted by Crippen LogP contribution is 2.20. The van der Waals surface area contributed by atoms with Crippen LogP contribution in [0.1, 0.15) is 18.1 Å². The Kier molecular flexibility index (Phi) is 4.64. The number of sulfone groups is 1. The summed E-state index contributed by atoms with van der Waals surface area (Å²) in [4.78, 5) is 0.182. The second kappa shape index (κ2) is 5.59. The fourth-order valence-electron chi connectivity index (χ4n) is 1.46. The molecule has 0 radical (unpaired) electrons. The Bertz CT molecular complexity index is 455. The molecule has 0 amide bonds. The number of benzene rings is 1. The number of aliphatic hydroxyl groups excluding tert-OH is 2. The number of nitrogens with two attached hydrogens (primary N) is 1. The lowest BCUT2D eigenvalue weighted by Crippen LogP contribution is -2.21. The largest absolute Gasteiger partial charge is 0.390 e. The van der Waals surface area contributed by atoms with Crippen LogP contribution in [0.4, 0.5) is 0 Å². The number of aliphatic hydroxyl groups is 2. The summed E-state index contributed by atoms with van der Waals surface area (Å²) in [6.45, 7) is 0.277. The third-order valence-electron chi connectivity index (χ3n) is 2.48. The van der Waals surface area contributed by atoms with Crippen LogP contribution in [0, 0.1) is 0 Å². The van der Waals surface area contributed by atoms with Gasteiger partial charge in [0, 0.05) is 6.26 Å². The smallest absolute Gasteiger partial charge is 0.175 e. The topological polar surface area (TPSA) is 101 Å². The highest BCUT2D eigenvalue weighted by molar-refractivity contribution is 7.90. The predicted octanol–water partition coefficient (Wildman–Crippen LogP) is -0.167. The molecule has 96 valence electrons. The van der Waals surface area contributed by atoms with Crippen LogP contribution in [0.25, 0.3) is 0 Å². The molecule has 0 heterocycles. The summed E-state index contributed by atoms with van der Waals surface area (Å²) in [6.07, 6.45) is -0.590. The molecule has 2 atom stereocenters. The first-order valence-corrected chi connectivity index (χ1v) is 7.11. The first-order chi connectivity index (χ1) is 7.86. The maximum atomic E-state index is 11.2. The van der Waals surface area contributed by atoms with Gasteiger partial charge in [0.15, 0.2) is 9.84 Å². The molecule has 17 heavy (non-hydrogen) atoms. The van der Waals surface area contributed by atoms with Gasteiger partial charge in [-0.15, -0.1) is 0 Å². The summed E-state index contributed by atoms with van der Waals surface area (Å²) in [6, 6.07) is 5.79. The van der Waals surface area contributed by atoms with E-state index in [1.165, 1.54) is 24.3 Å². The van der Waals surface area contributed by atoms with Crippen molar-refractivity contribution in [2.75, 3.05) is 12.8 Å². The maximum Gasteiger partial charge on any atom is 0.175 e. The lowest BCUT2D eigenvalue weighted by molar-refractivity contribution is 0.0150. The number of hydrogen-bond donors (Lipinski definition) is 3. The Morgan fingerprint density at radius 2 is 1.76 bits per heavy atom. The molecule has 0 aliphatic heterocycles. The van der Waals surface area contributed by atoms with Gasteiger partial charge in [0.1, 0.15) is 6.10 Å². The molecular formula is C11H17NO4S. The van der Waals surface area contributed by atoms with Gasteiger partial charge in [0.25, 0.3) is 0 Å². The Labute approximate surface area is 101 Å². The molecule has 0 aliphatic carbocycles. The maximum absolute atomic E-state index is 11.2. The zero-order valence-corrected chi connectivity index (χ0v) is 10.4. The van der Waals surface area contributed by atoms with Crippen molar-refractivity contribution in [2.24, 2.45) is 5.73 Å². The van der Waals surface area contributed by atoms with Crippen LogP contribution in [0.15, 0.2) is 29.2 Å². The third-order valence-corrected chi connectivity index (χ3v) is 3.61. The van der Waals surface area contributed by atoms with Crippen LogP contribution in [-0.4, -0.2) is 37.5 Å². The second-order valence-electron chi connectivity index (χ2n) is 3.93. The van der Waals surface area contributed by atoms with Gasteiger partial charge in [-0.3, -0.25) is 0 Å². The molecule has 0 aliphatic rings. The van der Waals surface area contributed by atoms with Crippen molar-refractivity contribution in [3.8, 4) is 0 Å². The van der Waals surface area contributed by atoms with Gasteiger partial charge in [-0.1, -0.05) is 12.1 Å². The van der Waals surface area contributed by atoms with Gasteiger partial charge in [0.05, 0.1) is 11.0 Å². The standard InChI is InChI=1S/C11H17NO4S/c1-17(15,16)9-4-2-8(3-5-9)11(14)10(13)6-7-12/h2-5,10-11,13-14H,6-7,12H2,1H3. The monoisotopic (exact) mass is 259 g/mol. The van der Waals surface area contributed by atoms with Crippen LogP contribution in [0.2, 0.25) is 0 Å². The van der Waals surface area contributed by atoms with E-state index in [1.54, 1.807) is 0 Å². The predicted molar refractivity (Wildman–Crippen MR) is 64.2 cm³/mol. The highest BCUT2D eigenvalue weighted by atomic mass is 32.2. The lowest BCUT2D eigenvalue weighted by Gasteiger charge is -2.17. The Morgan fingerprint density at radius 3 is 2.18 bits per heavy atom. The molecule has 5 nitrogen and oxygen atoms in total. The van der Waals surface area contributed by atoms with E-state index in [0.717, 1.165) is 6.26 Å². The molecule has 0 saturated carbocycles. The zero-order chi connectivity index (χ0) is 13.1. The van der Waals surface area contributed by atoms with Gasteiger partial charge >= 0.3 is 0 Å². The molecule has 0 aromatic heterocycles. The van der Waals surface area contributed by atoms with Gasteiger partial charge in [-0.2, -0.15) is 0 Å². The average molecular weight is 259 g/mol. The quantitative estimate of drug-likeness (QED) is 0.682. The van der Waals surface area contributed by atoms with E-state index in [4.69, 9.17) is 5.73 Å². The molecule has 4 N–H and O–H groups in total. The molecule has 0 spiro atoms. The van der Waals surface area contributed by atoms with Crippen molar-refractivity contribution in [3.05, 3.63) is 29.8 Å². The normalized spacial score (nSPS) is 15.5. The van der Waals surface area contributed by atoms with Crippen LogP contribution >= 0.6 is 0 Å². The van der Waals surface area contributed by atoms with E-state index < -0.39 is 22.0 Å². The van der Waals surface area contributed by atoms with E-state index in [9.17, 15) is 18.6 Å². The Hall–Kier alpha value is -0.950. The molecule has 0 bridgehead atoms. The first kappa shape index (κ1) is 14.1. The molecule has 1 aromatic rings. The van der Waals surface area contributed by atoms with E-state index in [0.29, 0.717) is 5.56 Å². The Balaban J connectivity index is 2.88. The molecule has 2 unspecified atom stereocenters. The van der Waals surface area contributed by atoms with E-state index in [1.807, 2.05) is 0 Å². The number of rotatable bonds is 5. The van der Waals surface area contributed by atoms with Gasteiger partial charge < -0.3 is 15.9 Å². The van der Waals surface area contributed by atoms with Gasteiger partial charge in [-0.25, -0.2) is 8.42 Å². The van der Waals surface area contributed by atoms with Crippen LogP contribution < -0.4 is 5.73 Å². The zero-order valence-electron chi connectivity index (χ0n) is 9.57. The van der Waals surface area contributed by atoms with Crippen molar-refractivity contribution in [2.45, 2.75) is 23.5 Å². The molecular weight excluding hydrogens is 242 g/mol. The van der Waals surface area contributed by atoms with Gasteiger partial charge in [-0.05, 0) is 30.7 Å². The molecule has 1 aromatic carbocycles. The van der Waals surface area contributed by atoms with Crippen LogP contribution in [-0.2, 0) is 9.84 Å². The van der Waals surface area contributed by atoms with E-state index in [-0.39, 0.29) is 17.9 Å². The van der Waals surface area contributed by atoms with Crippen molar-refractivity contribution >= 4 is 9.84 Å². The van der Waals surface area contributed by atoms with Crippen LogP contribution in [0.5, 0.6) is 0 Å². The minimum atomic E-state index is -3.24. The summed E-state index contributed by atoms with van der Waals surface area (Å²) in [5, 5.41) is 19.3. The summed E-state index contributed by atoms with van der Waals surface area (Å²) in [5.41, 5.74) is 5.75. The average Bonchev–Trinajstić information content (AvgIpc) is 2.27. The highest BCUT2D eigenvalue weighted by Gasteiger charge is 2.18. The fraction of sp³-hybridized carbons (Fsp3) is 0.455. The van der Waals surface area contributed by atoms with E-state index >= 15 is 0 Å². The lowest BCUT2D eigenvalue weighted by atomic mass is 10.0. The van der Waals surface area contributed by atoms with Crippen molar-refractivity contribution in [1.29, 1.82) is 0 Å². The van der Waals surface area contributed by atoms with Crippen molar-refractivity contribution in [1.82, 2.24) is 0 Å². The second-order valence-corrected chi connectivity index (χ2v) is 5.95. The molecule has 1 rings (SSSR count). The van der Waals surface area contributed by atoms with Gasteiger partial charge in [0.2, 0.25) is 0 Å². The minimum Gasteiger partial charge on any atom is -0.390 e. The van der Waals surface area contributed by atoms with Crippen molar-refractivity contribution in [3.63, 3.8) is 0 Å². The SMILES string of the molecule is CS(=O)(=O)c1ccc(C(O)C(O)CCN)cc1. The fourth-order valence-corrected chi connectivity index (χ4v) is 2.09. The first-order valence-electron chi connectivity index (χ1n) is 5.22. The van der Waals surface area contributed by atoms with Crippen LogP contribution in [0.3, 0.4) is 0 Å². The summed E-state index contributed by atoms with van der Waals surface area (Å²) < 4.78 is 22.4. The summed E-state index contributed by atoms with van der Waals surface area (Å²) in [7, 11) is -3.24. The Morgan fingerprint density at radius 1 is 1.24 bits per heavy atom. The molecule has 0 saturated heterocycles. The van der Waals surface area contributed by atoms with Crippen molar-refractivity contribution < 1.29 is 18.6 Å². The molecule has 0 fully saturated rings. The number of hydrogen-bond acceptors (Lipinski definition) is 5. The molecule has 6 heteroatoms. The summed E-state index contributed by atoms with van der Waals surface area (Å²) in [5.74, 6) is 0. The third kappa shape index (κ3) is 3.78.